The number of hydrogen-bond donors (Lipinski definition) is 1. The molecule has 5 rings (SSSR count). The van der Waals surface area contributed by atoms with E-state index < -0.39 is 0 Å². The zero-order valence-electron chi connectivity index (χ0n) is 14.7. The maximum Gasteiger partial charge on any atom is 0.123 e. The first kappa shape index (κ1) is 14.9. The second-order valence-corrected chi connectivity index (χ2v) is 7.99. The molecule has 1 spiro atoms. The van der Waals surface area contributed by atoms with Crippen LogP contribution in [0.5, 0.6) is 5.75 Å². The van der Waals surface area contributed by atoms with Gasteiger partial charge in [0.15, 0.2) is 0 Å². The van der Waals surface area contributed by atoms with Crippen LogP contribution in [0.1, 0.15) is 42.4 Å². The number of aromatic nitrogens is 1. The Morgan fingerprint density at radius 3 is 2.44 bits per heavy atom. The van der Waals surface area contributed by atoms with Crippen LogP contribution >= 0.6 is 0 Å². The summed E-state index contributed by atoms with van der Waals surface area (Å²) in [5, 5.41) is 12.2. The summed E-state index contributed by atoms with van der Waals surface area (Å²) in [6.07, 6.45) is 9.90. The predicted molar refractivity (Wildman–Crippen MR) is 102 cm³/mol. The minimum atomic E-state index is 0.343. The molecule has 3 aromatic rings. The van der Waals surface area contributed by atoms with Gasteiger partial charge in [-0.05, 0) is 72.2 Å². The van der Waals surface area contributed by atoms with E-state index in [1.807, 2.05) is 36.5 Å². The van der Waals surface area contributed by atoms with Gasteiger partial charge >= 0.3 is 0 Å². The molecular weight excluding hydrogens is 306 g/mol. The number of hydrogen-bond acceptors (Lipinski definition) is 2. The zero-order chi connectivity index (χ0) is 17.0. The summed E-state index contributed by atoms with van der Waals surface area (Å²) in [6.45, 7) is 2.21. The third kappa shape index (κ3) is 2.20. The maximum atomic E-state index is 10.2. The SMILES string of the molecule is Cc1cnc(-c2ccc(O)c3ccccc23)c2c1CC1(CCCC1)C2. The van der Waals surface area contributed by atoms with Gasteiger partial charge in [-0.2, -0.15) is 0 Å². The highest BCUT2D eigenvalue weighted by Gasteiger charge is 2.41. The van der Waals surface area contributed by atoms with Gasteiger partial charge in [-0.25, -0.2) is 0 Å². The molecule has 0 radical (unpaired) electrons. The van der Waals surface area contributed by atoms with E-state index in [0.717, 1.165) is 22.0 Å². The minimum absolute atomic E-state index is 0.343. The van der Waals surface area contributed by atoms with E-state index in [-0.39, 0.29) is 0 Å². The van der Waals surface area contributed by atoms with Gasteiger partial charge in [0.25, 0.3) is 0 Å². The molecule has 1 fully saturated rings. The Balaban J connectivity index is 1.73. The molecule has 0 atom stereocenters. The van der Waals surface area contributed by atoms with E-state index >= 15 is 0 Å². The fourth-order valence-electron chi connectivity index (χ4n) is 5.15. The average Bonchev–Trinajstić information content (AvgIpc) is 3.24. The maximum absolute atomic E-state index is 10.2. The number of phenols is 1. The van der Waals surface area contributed by atoms with Crippen molar-refractivity contribution in [3.63, 3.8) is 0 Å². The van der Waals surface area contributed by atoms with Crippen molar-refractivity contribution in [2.24, 2.45) is 5.41 Å². The number of aromatic hydroxyl groups is 1. The number of aryl methyl sites for hydroxylation is 1. The monoisotopic (exact) mass is 329 g/mol. The van der Waals surface area contributed by atoms with E-state index in [0.29, 0.717) is 11.2 Å². The van der Waals surface area contributed by atoms with Crippen molar-refractivity contribution in [1.82, 2.24) is 4.98 Å². The van der Waals surface area contributed by atoms with E-state index in [1.165, 1.54) is 55.2 Å². The van der Waals surface area contributed by atoms with Crippen molar-refractivity contribution in [2.45, 2.75) is 45.4 Å². The number of fused-ring (bicyclic) bond motifs is 2. The molecule has 1 heterocycles. The van der Waals surface area contributed by atoms with Crippen molar-refractivity contribution in [2.75, 3.05) is 0 Å². The van der Waals surface area contributed by atoms with Crippen LogP contribution < -0.4 is 0 Å². The standard InChI is InChI=1S/C23H23NO/c1-15-14-24-22(20-13-23(12-19(15)20)10-4-5-11-23)18-8-9-21(25)17-7-3-2-6-16(17)18/h2-3,6-9,14,25H,4-5,10-13H2,1H3. The predicted octanol–water partition coefficient (Wildman–Crippen LogP) is 5.57. The molecule has 2 aliphatic rings. The van der Waals surface area contributed by atoms with Crippen LogP contribution in [0.2, 0.25) is 0 Å². The van der Waals surface area contributed by atoms with Gasteiger partial charge in [-0.15, -0.1) is 0 Å². The third-order valence-electron chi connectivity index (χ3n) is 6.44. The highest BCUT2D eigenvalue weighted by atomic mass is 16.3. The van der Waals surface area contributed by atoms with Gasteiger partial charge in [0.2, 0.25) is 0 Å². The molecule has 0 aliphatic heterocycles. The molecule has 0 unspecified atom stereocenters. The smallest absolute Gasteiger partial charge is 0.123 e. The second-order valence-electron chi connectivity index (χ2n) is 7.99. The third-order valence-corrected chi connectivity index (χ3v) is 6.44. The summed E-state index contributed by atoms with van der Waals surface area (Å²) in [6, 6.07) is 11.9. The summed E-state index contributed by atoms with van der Waals surface area (Å²) >= 11 is 0. The van der Waals surface area contributed by atoms with Crippen LogP contribution in [0.25, 0.3) is 22.0 Å². The first-order chi connectivity index (χ1) is 12.2. The van der Waals surface area contributed by atoms with Gasteiger partial charge < -0.3 is 5.11 Å². The van der Waals surface area contributed by atoms with E-state index in [2.05, 4.69) is 13.0 Å². The summed E-state index contributed by atoms with van der Waals surface area (Å²) < 4.78 is 0. The largest absolute Gasteiger partial charge is 0.507 e. The van der Waals surface area contributed by atoms with E-state index in [9.17, 15) is 5.11 Å². The Kier molecular flexibility index (Phi) is 3.18. The lowest BCUT2D eigenvalue weighted by Crippen LogP contribution is -2.15. The molecule has 2 nitrogen and oxygen atoms in total. The van der Waals surface area contributed by atoms with Crippen molar-refractivity contribution in [1.29, 1.82) is 0 Å². The fourth-order valence-corrected chi connectivity index (χ4v) is 5.15. The van der Waals surface area contributed by atoms with E-state index in [4.69, 9.17) is 4.98 Å². The molecule has 1 saturated carbocycles. The lowest BCUT2D eigenvalue weighted by molar-refractivity contribution is 0.317. The number of benzene rings is 2. The number of nitrogens with zero attached hydrogens (tertiary/aromatic N) is 1. The highest BCUT2D eigenvalue weighted by molar-refractivity contribution is 5.99. The first-order valence-corrected chi connectivity index (χ1v) is 9.35. The molecule has 2 aromatic carbocycles. The Bertz CT molecular complexity index is 983. The van der Waals surface area contributed by atoms with Crippen molar-refractivity contribution >= 4 is 10.8 Å². The number of phenolic OH excluding ortho intramolecular Hbond substituents is 1. The zero-order valence-corrected chi connectivity index (χ0v) is 14.7. The molecule has 2 heteroatoms. The van der Waals surface area contributed by atoms with Crippen LogP contribution in [0.15, 0.2) is 42.6 Å². The van der Waals surface area contributed by atoms with E-state index in [1.54, 1.807) is 0 Å². The lowest BCUT2D eigenvalue weighted by Gasteiger charge is -2.21. The van der Waals surface area contributed by atoms with Gasteiger partial charge in [-0.3, -0.25) is 4.98 Å². The molecule has 1 aromatic heterocycles. The van der Waals surface area contributed by atoms with Crippen LogP contribution in [0.3, 0.4) is 0 Å². The highest BCUT2D eigenvalue weighted by Crippen LogP contribution is 2.51. The molecule has 1 N–H and O–H groups in total. The normalized spacial score (nSPS) is 18.1. The van der Waals surface area contributed by atoms with Crippen LogP contribution in [-0.4, -0.2) is 10.1 Å². The molecule has 0 amide bonds. The minimum Gasteiger partial charge on any atom is -0.507 e. The first-order valence-electron chi connectivity index (χ1n) is 9.35. The summed E-state index contributed by atoms with van der Waals surface area (Å²) in [5.74, 6) is 0.343. The van der Waals surface area contributed by atoms with Crippen LogP contribution in [0.4, 0.5) is 0 Å². The number of pyridine rings is 1. The molecule has 25 heavy (non-hydrogen) atoms. The molecule has 126 valence electrons. The van der Waals surface area contributed by atoms with Gasteiger partial charge in [-0.1, -0.05) is 37.1 Å². The summed E-state index contributed by atoms with van der Waals surface area (Å²) in [5.41, 5.74) is 7.09. The van der Waals surface area contributed by atoms with Gasteiger partial charge in [0, 0.05) is 17.1 Å². The quantitative estimate of drug-likeness (QED) is 0.632. The molecular formula is C23H23NO. The Morgan fingerprint density at radius 1 is 0.920 bits per heavy atom. The molecule has 2 aliphatic carbocycles. The Hall–Kier alpha value is -2.35. The second kappa shape index (κ2) is 5.32. The Morgan fingerprint density at radius 2 is 1.64 bits per heavy atom. The van der Waals surface area contributed by atoms with Crippen LogP contribution in [-0.2, 0) is 12.8 Å². The fraction of sp³-hybridized carbons (Fsp3) is 0.348. The topological polar surface area (TPSA) is 33.1 Å². The van der Waals surface area contributed by atoms with Crippen LogP contribution in [0, 0.1) is 12.3 Å². The molecule has 0 saturated heterocycles. The van der Waals surface area contributed by atoms with Gasteiger partial charge in [0.05, 0.1) is 5.69 Å². The summed E-state index contributed by atoms with van der Waals surface area (Å²) in [4.78, 5) is 4.87. The van der Waals surface area contributed by atoms with Crippen molar-refractivity contribution in [3.8, 4) is 17.0 Å². The number of rotatable bonds is 1. The average molecular weight is 329 g/mol. The van der Waals surface area contributed by atoms with Gasteiger partial charge in [0.1, 0.15) is 5.75 Å². The molecule has 0 bridgehead atoms. The van der Waals surface area contributed by atoms with Crippen molar-refractivity contribution in [3.05, 3.63) is 59.3 Å². The Labute approximate surface area is 148 Å². The summed E-state index contributed by atoms with van der Waals surface area (Å²) in [7, 11) is 0. The van der Waals surface area contributed by atoms with Crippen molar-refractivity contribution < 1.29 is 5.11 Å². The lowest BCUT2D eigenvalue weighted by atomic mass is 9.83.